The van der Waals surface area contributed by atoms with E-state index in [0.717, 1.165) is 17.7 Å². The van der Waals surface area contributed by atoms with Crippen molar-refractivity contribution in [1.29, 1.82) is 0 Å². The number of fused-ring (bicyclic) bond motifs is 4. The van der Waals surface area contributed by atoms with Gasteiger partial charge in [-0.2, -0.15) is 13.9 Å². The molecule has 0 aliphatic heterocycles. The summed E-state index contributed by atoms with van der Waals surface area (Å²) in [5.41, 5.74) is 5.73. The summed E-state index contributed by atoms with van der Waals surface area (Å²) >= 11 is 0. The van der Waals surface area contributed by atoms with Gasteiger partial charge < -0.3 is 15.7 Å². The summed E-state index contributed by atoms with van der Waals surface area (Å²) in [5, 5.41) is 18.9. The summed E-state index contributed by atoms with van der Waals surface area (Å²) in [7, 11) is 1.69. The molecule has 9 nitrogen and oxygen atoms in total. The molecule has 270 valence electrons. The molecule has 0 amide bonds. The van der Waals surface area contributed by atoms with Gasteiger partial charge in [-0.3, -0.25) is 4.68 Å². The first kappa shape index (κ1) is 35.1. The van der Waals surface area contributed by atoms with E-state index in [1.165, 1.54) is 13.8 Å². The minimum atomic E-state index is -3.55. The van der Waals surface area contributed by atoms with Crippen molar-refractivity contribution in [1.82, 2.24) is 24.7 Å². The highest BCUT2D eigenvalue weighted by atomic mass is 19.3. The molecule has 0 unspecified atom stereocenters. The molecule has 2 aliphatic carbocycles. The quantitative estimate of drug-likeness (QED) is 0.136. The topological polar surface area (TPSA) is 121 Å². The van der Waals surface area contributed by atoms with Crippen LogP contribution in [-0.4, -0.2) is 41.4 Å². The van der Waals surface area contributed by atoms with Gasteiger partial charge in [-0.1, -0.05) is 22.9 Å². The number of carbonyl (C=O) groups is 1. The van der Waals surface area contributed by atoms with Crippen LogP contribution in [0.2, 0.25) is 0 Å². The van der Waals surface area contributed by atoms with E-state index in [1.54, 1.807) is 29.9 Å². The molecule has 7 rings (SSSR count). The number of nitrogens with two attached hydrogens (primary N) is 1. The monoisotopic (exact) mass is 722 g/mol. The molecule has 0 saturated heterocycles. The highest BCUT2D eigenvalue weighted by Gasteiger charge is 2.68. The van der Waals surface area contributed by atoms with Crippen LogP contribution in [0.5, 0.6) is 0 Å². The molecule has 0 radical (unpaired) electrons. The molecule has 3 N–H and O–H groups in total. The predicted molar refractivity (Wildman–Crippen MR) is 177 cm³/mol. The second-order valence-electron chi connectivity index (χ2n) is 13.8. The first-order valence-corrected chi connectivity index (χ1v) is 16.4. The van der Waals surface area contributed by atoms with Crippen LogP contribution in [-0.2, 0) is 24.2 Å². The number of nitrogen functional groups attached to an aromatic ring is 1. The van der Waals surface area contributed by atoms with Crippen molar-refractivity contribution in [3.05, 3.63) is 93.6 Å². The van der Waals surface area contributed by atoms with Gasteiger partial charge in [0.05, 0.1) is 17.6 Å². The Balaban J connectivity index is 1.37. The Morgan fingerprint density at radius 3 is 2.46 bits per heavy atom. The van der Waals surface area contributed by atoms with Crippen molar-refractivity contribution in [2.24, 2.45) is 13.0 Å². The summed E-state index contributed by atoms with van der Waals surface area (Å²) < 4.78 is 88.9. The number of halogens is 6. The molecular formula is C37H32F6N6O3. The van der Waals surface area contributed by atoms with E-state index in [0.29, 0.717) is 28.1 Å². The SMILES string of the molecule is Cc1ccc(-c2ccc(C#CC(C)(C)O)nc2[C@@H](CC(=O)On2nc(C(F)F)c3c2C(F)(F)[C@@H]2C[C@H]32)Cc2cc(F)cc(F)c2)c2c1c(N)nn2C. The average Bonchev–Trinajstić information content (AvgIpc) is 3.60. The Bertz CT molecular complexity index is 2310. The van der Waals surface area contributed by atoms with Gasteiger partial charge >= 0.3 is 5.97 Å². The number of aromatic nitrogens is 5. The highest BCUT2D eigenvalue weighted by molar-refractivity contribution is 6.02. The number of nitrogens with zero attached hydrogens (tertiary/aromatic N) is 5. The Morgan fingerprint density at radius 1 is 1.10 bits per heavy atom. The Hall–Kier alpha value is -5.36. The predicted octanol–water partition coefficient (Wildman–Crippen LogP) is 6.64. The van der Waals surface area contributed by atoms with Crippen LogP contribution in [0.1, 0.15) is 84.4 Å². The Kier molecular flexibility index (Phi) is 8.36. The lowest BCUT2D eigenvalue weighted by atomic mass is 9.87. The second kappa shape index (κ2) is 12.4. The number of anilines is 1. The summed E-state index contributed by atoms with van der Waals surface area (Å²) in [5.74, 6) is -3.80. The normalized spacial score (nSPS) is 17.8. The van der Waals surface area contributed by atoms with Gasteiger partial charge in [-0.15, -0.1) is 5.10 Å². The van der Waals surface area contributed by atoms with Crippen LogP contribution in [0.15, 0.2) is 42.5 Å². The highest BCUT2D eigenvalue weighted by Crippen LogP contribution is 2.68. The summed E-state index contributed by atoms with van der Waals surface area (Å²) in [6.45, 7) is 4.80. The van der Waals surface area contributed by atoms with Crippen LogP contribution in [0.4, 0.5) is 32.2 Å². The van der Waals surface area contributed by atoms with Crippen LogP contribution in [0.3, 0.4) is 0 Å². The third-order valence-electron chi connectivity index (χ3n) is 9.40. The summed E-state index contributed by atoms with van der Waals surface area (Å²) in [6.07, 6.45) is -4.01. The van der Waals surface area contributed by atoms with E-state index in [2.05, 4.69) is 22.0 Å². The van der Waals surface area contributed by atoms with Crippen LogP contribution in [0.25, 0.3) is 22.0 Å². The molecule has 52 heavy (non-hydrogen) atoms. The van der Waals surface area contributed by atoms with E-state index in [-0.39, 0.29) is 46.0 Å². The number of rotatable bonds is 8. The average molecular weight is 723 g/mol. The molecule has 5 aromatic rings. The summed E-state index contributed by atoms with van der Waals surface area (Å²) in [6, 6.07) is 9.72. The molecule has 1 saturated carbocycles. The third-order valence-corrected chi connectivity index (χ3v) is 9.40. The van der Waals surface area contributed by atoms with Gasteiger partial charge in [-0.05, 0) is 80.8 Å². The van der Waals surface area contributed by atoms with E-state index in [4.69, 9.17) is 15.6 Å². The number of aliphatic hydroxyl groups is 1. The van der Waals surface area contributed by atoms with Gasteiger partial charge in [0.25, 0.3) is 12.3 Å². The maximum absolute atomic E-state index is 15.3. The maximum Gasteiger partial charge on any atom is 0.335 e. The lowest BCUT2D eigenvalue weighted by Crippen LogP contribution is -2.29. The van der Waals surface area contributed by atoms with Crippen molar-refractivity contribution in [3.8, 4) is 23.0 Å². The standard InChI is InChI=1S/C37H32F6N6O3/c1-17-5-7-24(32-28(17)35(44)47-48(32)4)23-8-6-22(9-10-36(2,3)51)45-30(23)19(11-18-12-20(38)15-21(39)13-18)14-27(50)52-49-33-29(31(46-49)34(40)41)25-16-26(25)37(33,42)43/h5-8,12-13,15,19,25-26,34,51H,11,14,16H2,1-4H3,(H2,44,47)/t19-,25+,26-/m1/s1. The number of hydrogen-bond acceptors (Lipinski definition) is 7. The van der Waals surface area contributed by atoms with Crippen molar-refractivity contribution in [3.63, 3.8) is 0 Å². The molecule has 3 aromatic heterocycles. The first-order chi connectivity index (χ1) is 24.4. The molecule has 2 aliphatic rings. The van der Waals surface area contributed by atoms with Crippen LogP contribution >= 0.6 is 0 Å². The molecule has 15 heteroatoms. The number of alkyl halides is 4. The van der Waals surface area contributed by atoms with Crippen LogP contribution in [0, 0.1) is 36.3 Å². The zero-order chi connectivity index (χ0) is 37.4. The number of pyridine rings is 1. The van der Waals surface area contributed by atoms with E-state index in [1.807, 2.05) is 13.0 Å². The van der Waals surface area contributed by atoms with Gasteiger partial charge in [-0.25, -0.2) is 27.3 Å². The minimum absolute atomic E-state index is 0.0152. The van der Waals surface area contributed by atoms with Crippen LogP contribution < -0.4 is 10.6 Å². The fourth-order valence-electron chi connectivity index (χ4n) is 7.16. The first-order valence-electron chi connectivity index (χ1n) is 16.4. The zero-order valence-corrected chi connectivity index (χ0v) is 28.3. The van der Waals surface area contributed by atoms with E-state index >= 15 is 8.78 Å². The Morgan fingerprint density at radius 2 is 1.79 bits per heavy atom. The molecule has 2 aromatic carbocycles. The number of benzene rings is 2. The molecular weight excluding hydrogens is 690 g/mol. The van der Waals surface area contributed by atoms with Gasteiger partial charge in [0, 0.05) is 47.0 Å². The molecule has 3 atom stereocenters. The molecule has 1 fully saturated rings. The number of carbonyl (C=O) groups excluding carboxylic acids is 1. The van der Waals surface area contributed by atoms with E-state index < -0.39 is 71.1 Å². The van der Waals surface area contributed by atoms with Gasteiger partial charge in [0.2, 0.25) is 0 Å². The summed E-state index contributed by atoms with van der Waals surface area (Å²) in [4.78, 5) is 24.0. The lowest BCUT2D eigenvalue weighted by Gasteiger charge is -2.21. The minimum Gasteiger partial charge on any atom is -0.382 e. The van der Waals surface area contributed by atoms with Crippen molar-refractivity contribution in [2.75, 3.05) is 5.73 Å². The largest absolute Gasteiger partial charge is 0.382 e. The molecule has 3 heterocycles. The molecule has 0 bridgehead atoms. The van der Waals surface area contributed by atoms with Crippen molar-refractivity contribution >= 4 is 22.7 Å². The lowest BCUT2D eigenvalue weighted by molar-refractivity contribution is -0.148. The smallest absolute Gasteiger partial charge is 0.335 e. The fourth-order valence-corrected chi connectivity index (χ4v) is 7.16. The van der Waals surface area contributed by atoms with Crippen molar-refractivity contribution < 1.29 is 41.1 Å². The fraction of sp³-hybridized carbons (Fsp3) is 0.351. The number of hydrogen-bond donors (Lipinski definition) is 2. The van der Waals surface area contributed by atoms with Crippen molar-refractivity contribution in [2.45, 2.75) is 69.8 Å². The number of aryl methyl sites for hydroxylation is 2. The molecule has 0 spiro atoms. The maximum atomic E-state index is 15.3. The van der Waals surface area contributed by atoms with Gasteiger partial charge in [0.15, 0.2) is 11.5 Å². The zero-order valence-electron chi connectivity index (χ0n) is 28.3. The second-order valence-corrected chi connectivity index (χ2v) is 13.8. The van der Waals surface area contributed by atoms with Gasteiger partial charge in [0.1, 0.15) is 28.6 Å². The Labute approximate surface area is 293 Å². The third kappa shape index (κ3) is 6.25. The van der Waals surface area contributed by atoms with E-state index in [9.17, 15) is 27.5 Å².